The van der Waals surface area contributed by atoms with Crippen molar-refractivity contribution in [3.63, 3.8) is 0 Å². The van der Waals surface area contributed by atoms with Crippen molar-refractivity contribution in [3.8, 4) is 0 Å². The Balaban J connectivity index is 1.63. The molecular formula is C11H22N2S. The van der Waals surface area contributed by atoms with Gasteiger partial charge in [-0.3, -0.25) is 4.90 Å². The Morgan fingerprint density at radius 3 is 2.86 bits per heavy atom. The van der Waals surface area contributed by atoms with Crippen LogP contribution in [-0.2, 0) is 0 Å². The summed E-state index contributed by atoms with van der Waals surface area (Å²) in [5.41, 5.74) is 0. The van der Waals surface area contributed by atoms with Crippen molar-refractivity contribution in [3.05, 3.63) is 0 Å². The van der Waals surface area contributed by atoms with Crippen LogP contribution < -0.4 is 5.32 Å². The van der Waals surface area contributed by atoms with Gasteiger partial charge >= 0.3 is 0 Å². The second-order valence-corrected chi connectivity index (χ2v) is 6.91. The molecule has 1 aliphatic carbocycles. The third kappa shape index (κ3) is 3.44. The summed E-state index contributed by atoms with van der Waals surface area (Å²) >= 11 is 2.11. The van der Waals surface area contributed by atoms with E-state index in [4.69, 9.17) is 0 Å². The van der Waals surface area contributed by atoms with Gasteiger partial charge in [-0.2, -0.15) is 11.8 Å². The van der Waals surface area contributed by atoms with E-state index in [1.165, 1.54) is 44.8 Å². The molecule has 2 fully saturated rings. The number of nitrogens with one attached hydrogen (secondary N) is 1. The quantitative estimate of drug-likeness (QED) is 0.765. The number of rotatable bonds is 4. The van der Waals surface area contributed by atoms with Gasteiger partial charge in [-0.05, 0) is 26.7 Å². The van der Waals surface area contributed by atoms with Gasteiger partial charge in [0.1, 0.15) is 0 Å². The third-order valence-corrected chi connectivity index (χ3v) is 4.24. The fourth-order valence-electron chi connectivity index (χ4n) is 2.02. The van der Waals surface area contributed by atoms with E-state index in [0.717, 1.165) is 6.04 Å². The molecule has 0 amide bonds. The molecule has 82 valence electrons. The van der Waals surface area contributed by atoms with Gasteiger partial charge in [0.25, 0.3) is 0 Å². The monoisotopic (exact) mass is 214 g/mol. The molecule has 2 nitrogen and oxygen atoms in total. The lowest BCUT2D eigenvalue weighted by Crippen LogP contribution is -2.45. The van der Waals surface area contributed by atoms with E-state index in [1.807, 2.05) is 0 Å². The highest BCUT2D eigenvalue weighted by molar-refractivity contribution is 8.00. The topological polar surface area (TPSA) is 15.3 Å². The van der Waals surface area contributed by atoms with Gasteiger partial charge in [0.15, 0.2) is 0 Å². The molecule has 1 saturated heterocycles. The Morgan fingerprint density at radius 1 is 1.43 bits per heavy atom. The molecule has 1 N–H and O–H groups in total. The number of hydrogen-bond acceptors (Lipinski definition) is 3. The zero-order valence-electron chi connectivity index (χ0n) is 9.38. The zero-order valence-corrected chi connectivity index (χ0v) is 10.2. The van der Waals surface area contributed by atoms with Gasteiger partial charge in [0, 0.05) is 42.7 Å². The van der Waals surface area contributed by atoms with Gasteiger partial charge in [0.2, 0.25) is 0 Å². The molecule has 2 rings (SSSR count). The average Bonchev–Trinajstić information content (AvgIpc) is 2.86. The number of hydrogen-bond donors (Lipinski definition) is 1. The SMILES string of the molecule is CC1(C)CN(CCNC2CC2)CCS1. The van der Waals surface area contributed by atoms with Crippen LogP contribution in [0, 0.1) is 0 Å². The Labute approximate surface area is 91.8 Å². The van der Waals surface area contributed by atoms with Gasteiger partial charge in [-0.15, -0.1) is 0 Å². The molecule has 0 bridgehead atoms. The maximum absolute atomic E-state index is 3.58. The van der Waals surface area contributed by atoms with E-state index < -0.39 is 0 Å². The van der Waals surface area contributed by atoms with Crippen LogP contribution in [0.25, 0.3) is 0 Å². The molecule has 0 radical (unpaired) electrons. The fourth-order valence-corrected chi connectivity index (χ4v) is 3.20. The summed E-state index contributed by atoms with van der Waals surface area (Å²) < 4.78 is 0.470. The molecule has 0 spiro atoms. The van der Waals surface area contributed by atoms with Crippen molar-refractivity contribution < 1.29 is 0 Å². The Kier molecular flexibility index (Phi) is 3.40. The molecule has 3 heteroatoms. The van der Waals surface area contributed by atoms with Crippen LogP contribution in [0.2, 0.25) is 0 Å². The minimum atomic E-state index is 0.470. The Bertz CT molecular complexity index is 190. The largest absolute Gasteiger partial charge is 0.313 e. The molecule has 1 heterocycles. The van der Waals surface area contributed by atoms with Crippen molar-refractivity contribution in [2.75, 3.05) is 31.9 Å². The van der Waals surface area contributed by atoms with Crippen molar-refractivity contribution in [2.24, 2.45) is 0 Å². The van der Waals surface area contributed by atoms with Crippen LogP contribution in [0.15, 0.2) is 0 Å². The van der Waals surface area contributed by atoms with Gasteiger partial charge < -0.3 is 5.32 Å². The maximum Gasteiger partial charge on any atom is 0.0231 e. The van der Waals surface area contributed by atoms with Gasteiger partial charge in [0.05, 0.1) is 0 Å². The average molecular weight is 214 g/mol. The van der Waals surface area contributed by atoms with E-state index in [9.17, 15) is 0 Å². The Hall–Kier alpha value is 0.270. The first kappa shape index (κ1) is 10.8. The van der Waals surface area contributed by atoms with Crippen molar-refractivity contribution in [1.29, 1.82) is 0 Å². The lowest BCUT2D eigenvalue weighted by atomic mass is 10.2. The molecule has 0 aromatic heterocycles. The summed E-state index contributed by atoms with van der Waals surface area (Å²) in [7, 11) is 0. The number of nitrogens with zero attached hydrogens (tertiary/aromatic N) is 1. The summed E-state index contributed by atoms with van der Waals surface area (Å²) in [5.74, 6) is 1.30. The minimum absolute atomic E-state index is 0.470. The summed E-state index contributed by atoms with van der Waals surface area (Å²) in [4.78, 5) is 2.60. The predicted octanol–water partition coefficient (Wildman–Crippen LogP) is 1.57. The van der Waals surface area contributed by atoms with Crippen LogP contribution in [0.5, 0.6) is 0 Å². The fraction of sp³-hybridized carbons (Fsp3) is 1.00. The summed E-state index contributed by atoms with van der Waals surface area (Å²) in [6.45, 7) is 9.67. The van der Waals surface area contributed by atoms with Crippen molar-refractivity contribution in [2.45, 2.75) is 37.5 Å². The van der Waals surface area contributed by atoms with Crippen molar-refractivity contribution >= 4 is 11.8 Å². The van der Waals surface area contributed by atoms with E-state index in [2.05, 4.69) is 35.8 Å². The first-order valence-electron chi connectivity index (χ1n) is 5.75. The highest BCUT2D eigenvalue weighted by Gasteiger charge is 2.27. The molecule has 1 aliphatic heterocycles. The standard InChI is InChI=1S/C11H22N2S/c1-11(2)9-13(7-8-14-11)6-5-12-10-3-4-10/h10,12H,3-9H2,1-2H3. The van der Waals surface area contributed by atoms with Gasteiger partial charge in [-0.25, -0.2) is 0 Å². The lowest BCUT2D eigenvalue weighted by molar-refractivity contribution is 0.260. The second kappa shape index (κ2) is 4.42. The summed E-state index contributed by atoms with van der Waals surface area (Å²) in [6.07, 6.45) is 2.81. The van der Waals surface area contributed by atoms with Crippen LogP contribution in [0.1, 0.15) is 26.7 Å². The normalized spacial score (nSPS) is 27.9. The molecule has 0 unspecified atom stereocenters. The van der Waals surface area contributed by atoms with Crippen LogP contribution >= 0.6 is 11.8 Å². The van der Waals surface area contributed by atoms with Gasteiger partial charge in [-0.1, -0.05) is 0 Å². The highest BCUT2D eigenvalue weighted by Crippen LogP contribution is 2.29. The molecule has 14 heavy (non-hydrogen) atoms. The molecule has 0 aromatic carbocycles. The maximum atomic E-state index is 3.58. The van der Waals surface area contributed by atoms with E-state index in [1.54, 1.807) is 0 Å². The van der Waals surface area contributed by atoms with Crippen molar-refractivity contribution in [1.82, 2.24) is 10.2 Å². The van der Waals surface area contributed by atoms with Crippen LogP contribution in [0.4, 0.5) is 0 Å². The van der Waals surface area contributed by atoms with E-state index in [0.29, 0.717) is 4.75 Å². The first-order chi connectivity index (χ1) is 6.66. The smallest absolute Gasteiger partial charge is 0.0231 e. The number of thioether (sulfide) groups is 1. The predicted molar refractivity (Wildman–Crippen MR) is 64.0 cm³/mol. The second-order valence-electron chi connectivity index (χ2n) is 5.11. The summed E-state index contributed by atoms with van der Waals surface area (Å²) in [6, 6.07) is 0.863. The van der Waals surface area contributed by atoms with Crippen LogP contribution in [-0.4, -0.2) is 47.6 Å². The highest BCUT2D eigenvalue weighted by atomic mass is 32.2. The Morgan fingerprint density at radius 2 is 2.21 bits per heavy atom. The molecule has 0 atom stereocenters. The van der Waals surface area contributed by atoms with E-state index in [-0.39, 0.29) is 0 Å². The molecule has 1 saturated carbocycles. The molecule has 2 aliphatic rings. The minimum Gasteiger partial charge on any atom is -0.313 e. The summed E-state index contributed by atoms with van der Waals surface area (Å²) in [5, 5.41) is 3.58. The third-order valence-electron chi connectivity index (χ3n) is 2.94. The lowest BCUT2D eigenvalue weighted by Gasteiger charge is -2.37. The first-order valence-corrected chi connectivity index (χ1v) is 6.74. The molecule has 0 aromatic rings. The van der Waals surface area contributed by atoms with E-state index >= 15 is 0 Å². The molecular weight excluding hydrogens is 192 g/mol. The zero-order chi connectivity index (χ0) is 10.0. The van der Waals surface area contributed by atoms with Crippen LogP contribution in [0.3, 0.4) is 0 Å².